The molecule has 0 saturated heterocycles. The largest absolute Gasteiger partial charge is 0.270 e. The van der Waals surface area contributed by atoms with Gasteiger partial charge in [0.15, 0.2) is 0 Å². The lowest BCUT2D eigenvalue weighted by atomic mass is 10.1. The number of allylic oxidation sites excluding steroid dienone is 1. The summed E-state index contributed by atoms with van der Waals surface area (Å²) in [5.74, 6) is 0. The highest BCUT2D eigenvalue weighted by Gasteiger charge is 2.15. The lowest BCUT2D eigenvalue weighted by Gasteiger charge is -1.98. The molecule has 0 amide bonds. The Morgan fingerprint density at radius 1 is 1.27 bits per heavy atom. The molecule has 0 bridgehead atoms. The number of aromatic nitrogens is 1. The first-order chi connectivity index (χ1) is 12.6. The monoisotopic (exact) mass is 361 g/mol. The summed E-state index contributed by atoms with van der Waals surface area (Å²) in [6.07, 6.45) is 2.46. The second-order valence-electron chi connectivity index (χ2n) is 5.53. The highest BCUT2D eigenvalue weighted by Crippen LogP contribution is 2.32. The number of nitriles is 1. The van der Waals surface area contributed by atoms with Gasteiger partial charge < -0.3 is 0 Å². The molecule has 1 heterocycles. The molecule has 0 saturated carbocycles. The molecule has 0 radical (unpaired) electrons. The molecule has 0 unspecified atom stereocenters. The van der Waals surface area contributed by atoms with Crippen molar-refractivity contribution in [2.75, 3.05) is 0 Å². The van der Waals surface area contributed by atoms with E-state index in [1.807, 2.05) is 30.3 Å². The van der Waals surface area contributed by atoms with E-state index in [2.05, 4.69) is 18.0 Å². The fourth-order valence-corrected chi connectivity index (χ4v) is 3.55. The van der Waals surface area contributed by atoms with Crippen LogP contribution in [0.2, 0.25) is 0 Å². The highest BCUT2D eigenvalue weighted by molar-refractivity contribution is 7.13. The summed E-state index contributed by atoms with van der Waals surface area (Å²) in [5, 5.41) is 21.1. The number of nitro benzene ring substituents is 1. The van der Waals surface area contributed by atoms with E-state index >= 15 is 0 Å². The molecule has 0 aliphatic carbocycles. The van der Waals surface area contributed by atoms with Crippen LogP contribution >= 0.6 is 11.3 Å². The maximum Gasteiger partial charge on any atom is 0.270 e. The Morgan fingerprint density at radius 3 is 2.69 bits per heavy atom. The zero-order valence-electron chi connectivity index (χ0n) is 14.0. The summed E-state index contributed by atoms with van der Waals surface area (Å²) in [6.45, 7) is 2.06. The summed E-state index contributed by atoms with van der Waals surface area (Å²) in [4.78, 5) is 16.3. The van der Waals surface area contributed by atoms with Crippen molar-refractivity contribution in [3.63, 3.8) is 0 Å². The van der Waals surface area contributed by atoms with Gasteiger partial charge in [0.05, 0.1) is 16.2 Å². The Kier molecular flexibility index (Phi) is 5.20. The van der Waals surface area contributed by atoms with E-state index in [0.29, 0.717) is 16.1 Å². The first kappa shape index (κ1) is 17.5. The lowest BCUT2D eigenvalue weighted by Crippen LogP contribution is -1.88. The SMILES string of the molecule is CCc1sc(C(C#N)=Cc2cccc([N+](=O)[O-])c2)nc1-c1ccccc1. The molecule has 0 fully saturated rings. The number of nitrogens with zero attached hydrogens (tertiary/aromatic N) is 3. The number of hydrogen-bond acceptors (Lipinski definition) is 5. The van der Waals surface area contributed by atoms with Crippen LogP contribution in [0.25, 0.3) is 22.9 Å². The number of nitro groups is 1. The van der Waals surface area contributed by atoms with Gasteiger partial charge in [0.2, 0.25) is 0 Å². The Balaban J connectivity index is 2.04. The minimum Gasteiger partial charge on any atom is -0.258 e. The van der Waals surface area contributed by atoms with Gasteiger partial charge in [-0.05, 0) is 18.1 Å². The Bertz CT molecular complexity index is 1020. The zero-order chi connectivity index (χ0) is 18.5. The standard InChI is InChI=1S/C20H15N3O2S/c1-2-18-19(15-8-4-3-5-9-15)22-20(26-18)16(13-21)11-14-7-6-10-17(12-14)23(24)25/h3-12H,2H2,1H3. The highest BCUT2D eigenvalue weighted by atomic mass is 32.1. The molecule has 128 valence electrons. The van der Waals surface area contributed by atoms with Crippen molar-refractivity contribution >= 4 is 28.7 Å². The first-order valence-electron chi connectivity index (χ1n) is 8.04. The summed E-state index contributed by atoms with van der Waals surface area (Å²) < 4.78 is 0. The molecule has 26 heavy (non-hydrogen) atoms. The van der Waals surface area contributed by atoms with Gasteiger partial charge in [0.25, 0.3) is 5.69 Å². The Hall–Kier alpha value is -3.30. The van der Waals surface area contributed by atoms with Crippen LogP contribution in [-0.4, -0.2) is 9.91 Å². The molecule has 0 aliphatic heterocycles. The van der Waals surface area contributed by atoms with Gasteiger partial charge in [-0.1, -0.05) is 49.4 Å². The number of benzene rings is 2. The van der Waals surface area contributed by atoms with Gasteiger partial charge in [-0.2, -0.15) is 5.26 Å². The normalized spacial score (nSPS) is 11.2. The van der Waals surface area contributed by atoms with Gasteiger partial charge in [0, 0.05) is 22.6 Å². The van der Waals surface area contributed by atoms with Crippen LogP contribution in [0.1, 0.15) is 22.4 Å². The van der Waals surface area contributed by atoms with Crippen LogP contribution < -0.4 is 0 Å². The van der Waals surface area contributed by atoms with Crippen molar-refractivity contribution in [2.24, 2.45) is 0 Å². The maximum absolute atomic E-state index is 10.9. The van der Waals surface area contributed by atoms with Crippen molar-refractivity contribution in [3.05, 3.63) is 80.2 Å². The van der Waals surface area contributed by atoms with Crippen LogP contribution in [0.4, 0.5) is 5.69 Å². The van der Waals surface area contributed by atoms with E-state index < -0.39 is 4.92 Å². The van der Waals surface area contributed by atoms with E-state index in [4.69, 9.17) is 0 Å². The van der Waals surface area contributed by atoms with Crippen LogP contribution in [0, 0.1) is 21.4 Å². The average Bonchev–Trinajstić information content (AvgIpc) is 3.11. The quantitative estimate of drug-likeness (QED) is 0.349. The van der Waals surface area contributed by atoms with E-state index in [0.717, 1.165) is 22.6 Å². The number of aryl methyl sites for hydroxylation is 1. The third-order valence-corrected chi connectivity index (χ3v) is 5.04. The predicted octanol–water partition coefficient (Wildman–Crippen LogP) is 5.34. The Morgan fingerprint density at radius 2 is 2.04 bits per heavy atom. The van der Waals surface area contributed by atoms with Gasteiger partial charge >= 0.3 is 0 Å². The molecule has 1 aromatic heterocycles. The van der Waals surface area contributed by atoms with Crippen LogP contribution in [-0.2, 0) is 6.42 Å². The summed E-state index contributed by atoms with van der Waals surface area (Å²) in [7, 11) is 0. The van der Waals surface area contributed by atoms with Gasteiger partial charge in [-0.3, -0.25) is 10.1 Å². The molecular formula is C20H15N3O2S. The molecule has 0 spiro atoms. The molecule has 2 aromatic carbocycles. The molecule has 3 rings (SSSR count). The van der Waals surface area contributed by atoms with Crippen LogP contribution in [0.15, 0.2) is 54.6 Å². The van der Waals surface area contributed by atoms with Crippen LogP contribution in [0.5, 0.6) is 0 Å². The second kappa shape index (κ2) is 7.72. The predicted molar refractivity (Wildman–Crippen MR) is 104 cm³/mol. The van der Waals surface area contributed by atoms with Crippen molar-refractivity contribution in [3.8, 4) is 17.3 Å². The summed E-state index contributed by atoms with van der Waals surface area (Å²) in [6, 6.07) is 18.2. The van der Waals surface area contributed by atoms with E-state index in [9.17, 15) is 15.4 Å². The Labute approximate surface area is 155 Å². The van der Waals surface area contributed by atoms with Gasteiger partial charge in [0.1, 0.15) is 11.1 Å². The van der Waals surface area contributed by atoms with Crippen molar-refractivity contribution in [1.82, 2.24) is 4.98 Å². The number of hydrogen-bond donors (Lipinski definition) is 0. The van der Waals surface area contributed by atoms with Crippen LogP contribution in [0.3, 0.4) is 0 Å². The molecule has 0 aliphatic rings. The van der Waals surface area contributed by atoms with Crippen molar-refractivity contribution < 1.29 is 4.92 Å². The zero-order valence-corrected chi connectivity index (χ0v) is 14.9. The average molecular weight is 361 g/mol. The molecule has 6 heteroatoms. The number of rotatable bonds is 5. The van der Waals surface area contributed by atoms with Crippen molar-refractivity contribution in [2.45, 2.75) is 13.3 Å². The van der Waals surface area contributed by atoms with Gasteiger partial charge in [-0.25, -0.2) is 4.98 Å². The second-order valence-corrected chi connectivity index (χ2v) is 6.62. The topological polar surface area (TPSA) is 79.8 Å². The lowest BCUT2D eigenvalue weighted by molar-refractivity contribution is -0.384. The summed E-state index contributed by atoms with van der Waals surface area (Å²) >= 11 is 1.48. The minimum absolute atomic E-state index is 0.00518. The number of thiazole rings is 1. The first-order valence-corrected chi connectivity index (χ1v) is 8.85. The molecule has 0 N–H and O–H groups in total. The smallest absolute Gasteiger partial charge is 0.258 e. The fraction of sp³-hybridized carbons (Fsp3) is 0.100. The van der Waals surface area contributed by atoms with E-state index in [1.165, 1.54) is 23.5 Å². The fourth-order valence-electron chi connectivity index (χ4n) is 2.56. The van der Waals surface area contributed by atoms with E-state index in [1.54, 1.807) is 18.2 Å². The molecule has 3 aromatic rings. The van der Waals surface area contributed by atoms with E-state index in [-0.39, 0.29) is 5.69 Å². The third-order valence-electron chi connectivity index (χ3n) is 3.81. The molecule has 5 nitrogen and oxygen atoms in total. The third kappa shape index (κ3) is 3.68. The number of non-ortho nitro benzene ring substituents is 1. The molecule has 0 atom stereocenters. The van der Waals surface area contributed by atoms with Crippen molar-refractivity contribution in [1.29, 1.82) is 5.26 Å². The minimum atomic E-state index is -0.449. The maximum atomic E-state index is 10.9. The van der Waals surface area contributed by atoms with Gasteiger partial charge in [-0.15, -0.1) is 11.3 Å². The summed E-state index contributed by atoms with van der Waals surface area (Å²) in [5.41, 5.74) is 2.89. The molecular weight excluding hydrogens is 346 g/mol.